The van der Waals surface area contributed by atoms with Gasteiger partial charge in [-0.2, -0.15) is 0 Å². The molecule has 150 valence electrons. The summed E-state index contributed by atoms with van der Waals surface area (Å²) >= 11 is 0. The summed E-state index contributed by atoms with van der Waals surface area (Å²) in [5.74, 6) is 1.42. The summed E-state index contributed by atoms with van der Waals surface area (Å²) < 4.78 is 0. The maximum absolute atomic E-state index is 13.0. The largest absolute Gasteiger partial charge is 0.343 e. The van der Waals surface area contributed by atoms with E-state index < -0.39 is 0 Å². The van der Waals surface area contributed by atoms with E-state index in [9.17, 15) is 14.4 Å². The molecule has 0 bridgehead atoms. The third-order valence-electron chi connectivity index (χ3n) is 6.94. The van der Waals surface area contributed by atoms with Crippen LogP contribution in [0.15, 0.2) is 12.1 Å². The number of carbonyl (C=O) groups excluding carboxylic acids is 3. The smallest absolute Gasteiger partial charge is 0.223 e. The van der Waals surface area contributed by atoms with Gasteiger partial charge in [0.25, 0.3) is 0 Å². The fraction of sp³-hybridized carbons (Fsp3) is 0.609. The van der Waals surface area contributed by atoms with E-state index in [-0.39, 0.29) is 17.6 Å². The summed E-state index contributed by atoms with van der Waals surface area (Å²) in [5.41, 5.74) is 4.38. The van der Waals surface area contributed by atoms with Crippen LogP contribution in [0.4, 0.5) is 5.69 Å². The second-order valence-corrected chi connectivity index (χ2v) is 8.65. The first-order valence-electron chi connectivity index (χ1n) is 10.7. The molecular formula is C23H30N2O3. The van der Waals surface area contributed by atoms with E-state index in [1.807, 2.05) is 21.9 Å². The fourth-order valence-corrected chi connectivity index (χ4v) is 5.35. The Labute approximate surface area is 167 Å². The Balaban J connectivity index is 1.45. The van der Waals surface area contributed by atoms with Gasteiger partial charge in [0.05, 0.1) is 0 Å². The Hall–Kier alpha value is -2.17. The van der Waals surface area contributed by atoms with E-state index in [0.29, 0.717) is 18.3 Å². The minimum Gasteiger partial charge on any atom is -0.343 e. The second-order valence-electron chi connectivity index (χ2n) is 8.65. The molecule has 1 saturated heterocycles. The van der Waals surface area contributed by atoms with Gasteiger partial charge in [0.1, 0.15) is 0 Å². The molecule has 0 saturated carbocycles. The number of nitrogens with zero attached hydrogens (tertiary/aromatic N) is 2. The molecule has 2 amide bonds. The zero-order valence-corrected chi connectivity index (χ0v) is 17.0. The van der Waals surface area contributed by atoms with Crippen molar-refractivity contribution in [2.75, 3.05) is 24.5 Å². The van der Waals surface area contributed by atoms with Crippen molar-refractivity contribution in [1.29, 1.82) is 0 Å². The molecule has 4 rings (SSSR count). The van der Waals surface area contributed by atoms with Crippen molar-refractivity contribution in [3.63, 3.8) is 0 Å². The Bertz CT molecular complexity index is 808. The highest BCUT2D eigenvalue weighted by atomic mass is 16.2. The molecule has 5 heteroatoms. The Morgan fingerprint density at radius 3 is 2.46 bits per heavy atom. The van der Waals surface area contributed by atoms with Crippen molar-refractivity contribution in [3.05, 3.63) is 28.8 Å². The van der Waals surface area contributed by atoms with Crippen LogP contribution in [-0.2, 0) is 16.0 Å². The molecule has 0 radical (unpaired) electrons. The predicted octanol–water partition coefficient (Wildman–Crippen LogP) is 3.69. The molecule has 28 heavy (non-hydrogen) atoms. The number of rotatable bonds is 4. The number of anilines is 1. The number of piperidine rings is 1. The summed E-state index contributed by atoms with van der Waals surface area (Å²) in [6.07, 6.45) is 6.64. The number of hydrogen-bond acceptors (Lipinski definition) is 3. The van der Waals surface area contributed by atoms with Gasteiger partial charge in [0.2, 0.25) is 11.8 Å². The third kappa shape index (κ3) is 3.47. The number of Topliss-reactive ketones (excluding diaryl/α,β-unsaturated/α-hetero) is 1. The average molecular weight is 383 g/mol. The van der Waals surface area contributed by atoms with Crippen molar-refractivity contribution < 1.29 is 14.4 Å². The molecule has 0 aromatic heterocycles. The van der Waals surface area contributed by atoms with Crippen LogP contribution in [-0.4, -0.2) is 42.1 Å². The van der Waals surface area contributed by atoms with Crippen LogP contribution in [0.25, 0.3) is 0 Å². The van der Waals surface area contributed by atoms with Crippen molar-refractivity contribution in [2.45, 2.75) is 64.7 Å². The second kappa shape index (κ2) is 7.69. The number of benzene rings is 1. The number of amides is 2. The molecular weight excluding hydrogens is 352 g/mol. The maximum Gasteiger partial charge on any atom is 0.223 e. The lowest BCUT2D eigenvalue weighted by atomic mass is 9.80. The van der Waals surface area contributed by atoms with Crippen molar-refractivity contribution in [2.24, 2.45) is 5.92 Å². The van der Waals surface area contributed by atoms with Gasteiger partial charge < -0.3 is 9.80 Å². The average Bonchev–Trinajstić information content (AvgIpc) is 3.07. The quantitative estimate of drug-likeness (QED) is 0.746. The molecule has 0 spiro atoms. The third-order valence-corrected chi connectivity index (χ3v) is 6.94. The predicted molar refractivity (Wildman–Crippen MR) is 109 cm³/mol. The minimum atomic E-state index is 0.0904. The lowest BCUT2D eigenvalue weighted by Crippen LogP contribution is -2.37. The van der Waals surface area contributed by atoms with E-state index in [1.165, 1.54) is 11.1 Å². The van der Waals surface area contributed by atoms with Crippen LogP contribution in [0.2, 0.25) is 0 Å². The molecule has 5 nitrogen and oxygen atoms in total. The minimum absolute atomic E-state index is 0.0904. The molecule has 1 atom stereocenters. The van der Waals surface area contributed by atoms with Crippen molar-refractivity contribution >= 4 is 23.3 Å². The van der Waals surface area contributed by atoms with E-state index in [1.54, 1.807) is 13.8 Å². The van der Waals surface area contributed by atoms with Crippen LogP contribution in [0.5, 0.6) is 0 Å². The lowest BCUT2D eigenvalue weighted by Gasteiger charge is -2.31. The van der Waals surface area contributed by atoms with Crippen molar-refractivity contribution in [1.82, 2.24) is 4.90 Å². The number of ketones is 1. The summed E-state index contributed by atoms with van der Waals surface area (Å²) in [7, 11) is 0. The zero-order chi connectivity index (χ0) is 19.8. The van der Waals surface area contributed by atoms with Gasteiger partial charge in [0.15, 0.2) is 5.78 Å². The molecule has 3 aliphatic rings. The van der Waals surface area contributed by atoms with E-state index in [0.717, 1.165) is 69.4 Å². The van der Waals surface area contributed by atoms with Crippen LogP contribution in [0, 0.1) is 5.92 Å². The van der Waals surface area contributed by atoms with Gasteiger partial charge >= 0.3 is 0 Å². The van der Waals surface area contributed by atoms with E-state index in [2.05, 4.69) is 0 Å². The summed E-state index contributed by atoms with van der Waals surface area (Å²) in [6, 6.07) is 3.95. The van der Waals surface area contributed by atoms with Gasteiger partial charge in [-0.05, 0) is 67.7 Å². The first-order valence-corrected chi connectivity index (χ1v) is 10.7. The summed E-state index contributed by atoms with van der Waals surface area (Å²) in [5, 5.41) is 0. The Kier molecular flexibility index (Phi) is 5.26. The molecule has 1 fully saturated rings. The van der Waals surface area contributed by atoms with Gasteiger partial charge in [-0.1, -0.05) is 0 Å². The van der Waals surface area contributed by atoms with Crippen LogP contribution < -0.4 is 4.90 Å². The van der Waals surface area contributed by atoms with Crippen LogP contribution >= 0.6 is 0 Å². The molecule has 2 aliphatic heterocycles. The molecule has 1 aliphatic carbocycles. The molecule has 1 aromatic carbocycles. The maximum atomic E-state index is 13.0. The van der Waals surface area contributed by atoms with Crippen molar-refractivity contribution in [3.8, 4) is 0 Å². The number of likely N-dealkylation sites (tertiary alicyclic amines) is 1. The highest BCUT2D eigenvalue weighted by molar-refractivity contribution is 6.01. The number of hydrogen-bond donors (Lipinski definition) is 0. The molecule has 0 N–H and O–H groups in total. The standard InChI is InChI=1S/C23H30N2O3/c1-15(26)24-12-10-17(11-13-24)6-9-22(28)19-7-8-21-23-18(4-3-5-20(19)23)14-25(21)16(2)27/h7-8,17-18H,3-6,9-14H2,1-2H3. The normalized spacial score (nSPS) is 21.6. The first kappa shape index (κ1) is 19.2. The Morgan fingerprint density at radius 1 is 1.04 bits per heavy atom. The molecule has 1 unspecified atom stereocenters. The van der Waals surface area contributed by atoms with Crippen LogP contribution in [0.3, 0.4) is 0 Å². The highest BCUT2D eigenvalue weighted by Gasteiger charge is 2.36. The molecule has 1 aromatic rings. The van der Waals surface area contributed by atoms with Gasteiger partial charge in [-0.25, -0.2) is 0 Å². The Morgan fingerprint density at radius 2 is 1.79 bits per heavy atom. The lowest BCUT2D eigenvalue weighted by molar-refractivity contribution is -0.130. The first-order chi connectivity index (χ1) is 13.5. The monoisotopic (exact) mass is 382 g/mol. The topological polar surface area (TPSA) is 57.7 Å². The van der Waals surface area contributed by atoms with E-state index in [4.69, 9.17) is 0 Å². The SMILES string of the molecule is CC(=O)N1CCC(CCC(=O)c2ccc3c4c2CCCC4CN3C(C)=O)CC1. The van der Waals surface area contributed by atoms with Gasteiger partial charge in [-0.3, -0.25) is 14.4 Å². The highest BCUT2D eigenvalue weighted by Crippen LogP contribution is 2.46. The van der Waals surface area contributed by atoms with Gasteiger partial charge in [0, 0.05) is 57.1 Å². The zero-order valence-electron chi connectivity index (χ0n) is 17.0. The summed E-state index contributed by atoms with van der Waals surface area (Å²) in [4.78, 5) is 40.3. The number of carbonyl (C=O) groups is 3. The fourth-order valence-electron chi connectivity index (χ4n) is 5.35. The molecule has 2 heterocycles. The summed E-state index contributed by atoms with van der Waals surface area (Å²) in [6.45, 7) is 5.66. The van der Waals surface area contributed by atoms with Gasteiger partial charge in [-0.15, -0.1) is 0 Å². The van der Waals surface area contributed by atoms with Crippen LogP contribution in [0.1, 0.15) is 79.8 Å². The van der Waals surface area contributed by atoms with E-state index >= 15 is 0 Å².